The lowest BCUT2D eigenvalue weighted by Gasteiger charge is -2.30. The molecule has 2 heteroatoms. The first-order chi connectivity index (χ1) is 14.2. The third kappa shape index (κ3) is 5.10. The van der Waals surface area contributed by atoms with Gasteiger partial charge in [-0.3, -0.25) is 4.79 Å². The fourth-order valence-corrected chi connectivity index (χ4v) is 5.52. The summed E-state index contributed by atoms with van der Waals surface area (Å²) in [6.07, 6.45) is 10.7. The monoisotopic (exact) mass is 390 g/mol. The molecule has 0 amide bonds. The maximum absolute atomic E-state index is 11.7. The van der Waals surface area contributed by atoms with E-state index in [1.54, 1.807) is 0 Å². The highest BCUT2D eigenvalue weighted by Crippen LogP contribution is 2.39. The zero-order valence-corrected chi connectivity index (χ0v) is 17.7. The third-order valence-electron chi connectivity index (χ3n) is 7.35. The smallest absolute Gasteiger partial charge is 0.308 e. The predicted octanol–water partition coefficient (Wildman–Crippen LogP) is 6.65. The Bertz CT molecular complexity index is 764. The molecule has 2 aromatic rings. The summed E-state index contributed by atoms with van der Waals surface area (Å²) in [6.45, 7) is 0. The molecule has 154 valence electrons. The van der Waals surface area contributed by atoms with Crippen LogP contribution in [0.25, 0.3) is 0 Å². The number of ether oxygens (including phenoxy) is 1. The molecule has 4 rings (SSSR count). The van der Waals surface area contributed by atoms with Crippen LogP contribution in [0.15, 0.2) is 54.6 Å². The first-order valence-electron chi connectivity index (χ1n) is 11.4. The molecule has 0 aromatic heterocycles. The van der Waals surface area contributed by atoms with Gasteiger partial charge in [-0.05, 0) is 92.2 Å². The zero-order valence-electron chi connectivity index (χ0n) is 17.7. The van der Waals surface area contributed by atoms with Crippen LogP contribution in [0.4, 0.5) is 0 Å². The topological polar surface area (TPSA) is 26.3 Å². The van der Waals surface area contributed by atoms with E-state index >= 15 is 0 Å². The number of hydrogen-bond donors (Lipinski definition) is 0. The molecule has 2 aliphatic carbocycles. The molecule has 2 aliphatic rings. The Labute approximate surface area is 175 Å². The Morgan fingerprint density at radius 3 is 1.79 bits per heavy atom. The van der Waals surface area contributed by atoms with E-state index in [2.05, 4.69) is 54.6 Å². The van der Waals surface area contributed by atoms with E-state index in [1.165, 1.54) is 55.9 Å². The van der Waals surface area contributed by atoms with Gasteiger partial charge in [0.15, 0.2) is 0 Å². The molecule has 0 radical (unpaired) electrons. The van der Waals surface area contributed by atoms with Crippen molar-refractivity contribution in [1.82, 2.24) is 0 Å². The van der Waals surface area contributed by atoms with Crippen molar-refractivity contribution >= 4 is 5.97 Å². The number of carbonyl (C=O) groups excluding carboxylic acids is 1. The van der Waals surface area contributed by atoms with Gasteiger partial charge in [0.1, 0.15) is 0 Å². The summed E-state index contributed by atoms with van der Waals surface area (Å²) in [5.41, 5.74) is 4.47. The van der Waals surface area contributed by atoms with Crippen LogP contribution < -0.4 is 0 Å². The molecule has 2 nitrogen and oxygen atoms in total. The van der Waals surface area contributed by atoms with Gasteiger partial charge in [-0.15, -0.1) is 0 Å². The van der Waals surface area contributed by atoms with Crippen LogP contribution in [0.1, 0.15) is 79.9 Å². The fraction of sp³-hybridized carbons (Fsp3) is 0.519. The molecule has 0 spiro atoms. The van der Waals surface area contributed by atoms with Gasteiger partial charge in [0.25, 0.3) is 0 Å². The average Bonchev–Trinajstić information content (AvgIpc) is 2.80. The minimum atomic E-state index is -0.0262. The Balaban J connectivity index is 1.27. The molecule has 2 fully saturated rings. The number of rotatable bonds is 5. The summed E-state index contributed by atoms with van der Waals surface area (Å²) in [4.78, 5) is 11.7. The summed E-state index contributed by atoms with van der Waals surface area (Å²) in [7, 11) is 1.50. The third-order valence-corrected chi connectivity index (χ3v) is 7.35. The predicted molar refractivity (Wildman–Crippen MR) is 118 cm³/mol. The van der Waals surface area contributed by atoms with Gasteiger partial charge in [-0.2, -0.15) is 0 Å². The summed E-state index contributed by atoms with van der Waals surface area (Å²) >= 11 is 0. The van der Waals surface area contributed by atoms with Crippen molar-refractivity contribution in [2.75, 3.05) is 7.11 Å². The quantitative estimate of drug-likeness (QED) is 0.534. The number of carbonyl (C=O) groups is 1. The lowest BCUT2D eigenvalue weighted by atomic mass is 9.75. The minimum absolute atomic E-state index is 0.0262. The minimum Gasteiger partial charge on any atom is -0.469 e. The summed E-state index contributed by atoms with van der Waals surface area (Å²) in [6, 6.07) is 20.4. The largest absolute Gasteiger partial charge is 0.469 e. The van der Waals surface area contributed by atoms with Crippen LogP contribution in [0.2, 0.25) is 0 Å². The molecular weight excluding hydrogens is 356 g/mol. The van der Waals surface area contributed by atoms with Gasteiger partial charge >= 0.3 is 5.97 Å². The SMILES string of the molecule is COC(=O)[C@H]1CC[C@H](c2ccc([C@H]3CC[C@H](Cc4ccccc4)CC3)cc2)CC1. The highest BCUT2D eigenvalue weighted by molar-refractivity contribution is 5.72. The Morgan fingerprint density at radius 2 is 1.28 bits per heavy atom. The van der Waals surface area contributed by atoms with Crippen molar-refractivity contribution < 1.29 is 9.53 Å². The van der Waals surface area contributed by atoms with E-state index in [9.17, 15) is 4.79 Å². The van der Waals surface area contributed by atoms with Crippen molar-refractivity contribution in [3.05, 3.63) is 71.3 Å². The lowest BCUT2D eigenvalue weighted by Crippen LogP contribution is -2.22. The van der Waals surface area contributed by atoms with E-state index in [4.69, 9.17) is 4.74 Å². The van der Waals surface area contributed by atoms with Crippen molar-refractivity contribution in [2.24, 2.45) is 11.8 Å². The molecular formula is C27H34O2. The van der Waals surface area contributed by atoms with Gasteiger partial charge in [0.2, 0.25) is 0 Å². The van der Waals surface area contributed by atoms with E-state index in [1.807, 2.05) is 0 Å². The van der Waals surface area contributed by atoms with E-state index in [0.717, 1.165) is 37.5 Å². The Kier molecular flexibility index (Phi) is 6.69. The number of hydrogen-bond acceptors (Lipinski definition) is 2. The highest BCUT2D eigenvalue weighted by atomic mass is 16.5. The standard InChI is InChI=1S/C27H34O2/c1-29-27(28)26-17-15-25(16-18-26)24-13-11-23(12-14-24)22-9-7-21(8-10-22)19-20-5-3-2-4-6-20/h2-6,11-14,21-22,25-26H,7-10,15-19H2,1H3/t21-,22-,25-,26-. The van der Waals surface area contributed by atoms with Gasteiger partial charge in [0, 0.05) is 0 Å². The van der Waals surface area contributed by atoms with Crippen molar-refractivity contribution in [3.63, 3.8) is 0 Å². The Hall–Kier alpha value is -2.09. The van der Waals surface area contributed by atoms with E-state index in [0.29, 0.717) is 5.92 Å². The van der Waals surface area contributed by atoms with Crippen LogP contribution in [0.3, 0.4) is 0 Å². The molecule has 0 N–H and O–H groups in total. The van der Waals surface area contributed by atoms with Crippen molar-refractivity contribution in [1.29, 1.82) is 0 Å². The summed E-state index contributed by atoms with van der Waals surface area (Å²) in [5.74, 6) is 2.26. The van der Waals surface area contributed by atoms with Crippen LogP contribution in [0.5, 0.6) is 0 Å². The second-order valence-electron chi connectivity index (χ2n) is 9.15. The molecule has 0 saturated heterocycles. The number of methoxy groups -OCH3 is 1. The molecule has 0 heterocycles. The van der Waals surface area contributed by atoms with Crippen molar-refractivity contribution in [2.45, 2.75) is 69.6 Å². The van der Waals surface area contributed by atoms with Crippen LogP contribution in [-0.4, -0.2) is 13.1 Å². The maximum Gasteiger partial charge on any atom is 0.308 e. The molecule has 0 unspecified atom stereocenters. The van der Waals surface area contributed by atoms with Crippen LogP contribution in [-0.2, 0) is 16.0 Å². The molecule has 29 heavy (non-hydrogen) atoms. The van der Waals surface area contributed by atoms with Crippen LogP contribution >= 0.6 is 0 Å². The molecule has 0 bridgehead atoms. The fourth-order valence-electron chi connectivity index (χ4n) is 5.52. The van der Waals surface area contributed by atoms with Gasteiger partial charge in [0.05, 0.1) is 13.0 Å². The summed E-state index contributed by atoms with van der Waals surface area (Å²) in [5, 5.41) is 0. The molecule has 0 atom stereocenters. The summed E-state index contributed by atoms with van der Waals surface area (Å²) < 4.78 is 4.92. The van der Waals surface area contributed by atoms with E-state index < -0.39 is 0 Å². The maximum atomic E-state index is 11.7. The molecule has 2 saturated carbocycles. The average molecular weight is 391 g/mol. The molecule has 0 aliphatic heterocycles. The number of esters is 1. The normalized spacial score (nSPS) is 27.3. The second-order valence-corrected chi connectivity index (χ2v) is 9.15. The van der Waals surface area contributed by atoms with Gasteiger partial charge in [-0.25, -0.2) is 0 Å². The highest BCUT2D eigenvalue weighted by Gasteiger charge is 2.28. The number of benzene rings is 2. The Morgan fingerprint density at radius 1 is 0.759 bits per heavy atom. The lowest BCUT2D eigenvalue weighted by molar-refractivity contribution is -0.146. The van der Waals surface area contributed by atoms with E-state index in [-0.39, 0.29) is 11.9 Å². The van der Waals surface area contributed by atoms with Crippen LogP contribution in [0, 0.1) is 11.8 Å². The first kappa shape index (κ1) is 20.2. The second kappa shape index (κ2) is 9.61. The zero-order chi connectivity index (χ0) is 20.1. The van der Waals surface area contributed by atoms with Gasteiger partial charge < -0.3 is 4.74 Å². The molecule has 2 aromatic carbocycles. The first-order valence-corrected chi connectivity index (χ1v) is 11.4. The van der Waals surface area contributed by atoms with Gasteiger partial charge in [-0.1, -0.05) is 54.6 Å². The van der Waals surface area contributed by atoms with Crippen molar-refractivity contribution in [3.8, 4) is 0 Å².